The molecule has 0 saturated carbocycles. The van der Waals surface area contributed by atoms with E-state index >= 15 is 0 Å². The summed E-state index contributed by atoms with van der Waals surface area (Å²) in [6, 6.07) is 26.7. The molecule has 0 amide bonds. The SMILES string of the molecule is c1ccc2c(c1)Cc1cc3c(cc1-2)c1ccccc1c1cccn13. The van der Waals surface area contributed by atoms with Crippen molar-refractivity contribution >= 4 is 27.2 Å². The van der Waals surface area contributed by atoms with Crippen molar-refractivity contribution in [2.45, 2.75) is 6.42 Å². The molecule has 0 fully saturated rings. The number of hydrogen-bond donors (Lipinski definition) is 0. The van der Waals surface area contributed by atoms with Crippen LogP contribution in [0.25, 0.3) is 38.3 Å². The molecule has 0 unspecified atom stereocenters. The summed E-state index contributed by atoms with van der Waals surface area (Å²) in [5, 5.41) is 4.00. The Bertz CT molecular complexity index is 1270. The fourth-order valence-corrected chi connectivity index (χ4v) is 4.34. The lowest BCUT2D eigenvalue weighted by Crippen LogP contribution is -1.91. The zero-order chi connectivity index (χ0) is 15.7. The first-order chi connectivity index (χ1) is 11.9. The molecule has 0 N–H and O–H groups in total. The van der Waals surface area contributed by atoms with Gasteiger partial charge in [-0.25, -0.2) is 0 Å². The molecule has 0 saturated heterocycles. The molecule has 0 radical (unpaired) electrons. The highest BCUT2D eigenvalue weighted by Crippen LogP contribution is 2.41. The molecule has 0 aliphatic heterocycles. The van der Waals surface area contributed by atoms with Crippen LogP contribution >= 0.6 is 0 Å². The summed E-state index contributed by atoms with van der Waals surface area (Å²) in [5.41, 5.74) is 8.26. The van der Waals surface area contributed by atoms with Crippen LogP contribution in [0, 0.1) is 0 Å². The van der Waals surface area contributed by atoms with Crippen LogP contribution in [0.3, 0.4) is 0 Å². The normalized spacial score (nSPS) is 12.8. The van der Waals surface area contributed by atoms with E-state index in [2.05, 4.69) is 83.4 Å². The van der Waals surface area contributed by atoms with Gasteiger partial charge in [0.2, 0.25) is 0 Å². The third kappa shape index (κ3) is 1.45. The monoisotopic (exact) mass is 305 g/mol. The highest BCUT2D eigenvalue weighted by Gasteiger charge is 2.20. The largest absolute Gasteiger partial charge is 0.316 e. The fraction of sp³-hybridized carbons (Fsp3) is 0.0435. The third-order valence-corrected chi connectivity index (χ3v) is 5.41. The van der Waals surface area contributed by atoms with Gasteiger partial charge in [-0.3, -0.25) is 0 Å². The molecule has 2 heterocycles. The van der Waals surface area contributed by atoms with E-state index in [0.29, 0.717) is 0 Å². The van der Waals surface area contributed by atoms with Crippen molar-refractivity contribution < 1.29 is 0 Å². The molecule has 0 spiro atoms. The van der Waals surface area contributed by atoms with Crippen molar-refractivity contribution in [2.24, 2.45) is 0 Å². The Balaban J connectivity index is 1.85. The first kappa shape index (κ1) is 12.4. The van der Waals surface area contributed by atoms with Gasteiger partial charge in [-0.05, 0) is 58.3 Å². The topological polar surface area (TPSA) is 4.41 Å². The Morgan fingerprint density at radius 3 is 2.38 bits per heavy atom. The summed E-state index contributed by atoms with van der Waals surface area (Å²) in [5.74, 6) is 0. The van der Waals surface area contributed by atoms with Crippen molar-refractivity contribution in [2.75, 3.05) is 0 Å². The first-order valence-electron chi connectivity index (χ1n) is 8.43. The number of nitrogens with zero attached hydrogens (tertiary/aromatic N) is 1. The van der Waals surface area contributed by atoms with Gasteiger partial charge in [0.1, 0.15) is 0 Å². The highest BCUT2D eigenvalue weighted by atomic mass is 14.9. The maximum Gasteiger partial charge on any atom is 0.0537 e. The molecule has 5 aromatic rings. The van der Waals surface area contributed by atoms with Crippen LogP contribution in [0.1, 0.15) is 11.1 Å². The predicted octanol–water partition coefficient (Wildman–Crippen LogP) is 5.82. The predicted molar refractivity (Wildman–Crippen MR) is 101 cm³/mol. The summed E-state index contributed by atoms with van der Waals surface area (Å²) < 4.78 is 2.33. The molecule has 2 aromatic heterocycles. The third-order valence-electron chi connectivity index (χ3n) is 5.41. The van der Waals surface area contributed by atoms with Crippen molar-refractivity contribution in [3.63, 3.8) is 0 Å². The van der Waals surface area contributed by atoms with Gasteiger partial charge in [0.05, 0.1) is 11.0 Å². The molecular formula is C23H15N. The summed E-state index contributed by atoms with van der Waals surface area (Å²) in [6.07, 6.45) is 3.22. The Morgan fingerprint density at radius 1 is 0.583 bits per heavy atom. The van der Waals surface area contributed by atoms with Gasteiger partial charge in [0.15, 0.2) is 0 Å². The Labute approximate surface area is 139 Å². The lowest BCUT2D eigenvalue weighted by Gasteiger charge is -2.11. The van der Waals surface area contributed by atoms with Crippen LogP contribution in [0.2, 0.25) is 0 Å². The summed E-state index contributed by atoms with van der Waals surface area (Å²) in [7, 11) is 0. The van der Waals surface area contributed by atoms with Crippen LogP contribution in [0.4, 0.5) is 0 Å². The molecule has 1 heteroatoms. The number of rotatable bonds is 0. The zero-order valence-corrected chi connectivity index (χ0v) is 13.2. The Hall–Kier alpha value is -3.06. The Kier molecular flexibility index (Phi) is 2.20. The van der Waals surface area contributed by atoms with Crippen molar-refractivity contribution in [1.29, 1.82) is 0 Å². The molecule has 0 bridgehead atoms. The number of pyridine rings is 1. The average Bonchev–Trinajstić information content (AvgIpc) is 3.25. The smallest absolute Gasteiger partial charge is 0.0537 e. The van der Waals surface area contributed by atoms with Crippen LogP contribution in [-0.4, -0.2) is 4.40 Å². The average molecular weight is 305 g/mol. The number of hydrogen-bond acceptors (Lipinski definition) is 0. The van der Waals surface area contributed by atoms with E-state index < -0.39 is 0 Å². The van der Waals surface area contributed by atoms with E-state index in [1.54, 1.807) is 0 Å². The number of aromatic nitrogens is 1. The van der Waals surface area contributed by atoms with E-state index in [4.69, 9.17) is 0 Å². The molecule has 24 heavy (non-hydrogen) atoms. The maximum atomic E-state index is 2.40. The molecular weight excluding hydrogens is 290 g/mol. The Morgan fingerprint density at radius 2 is 1.42 bits per heavy atom. The van der Waals surface area contributed by atoms with Gasteiger partial charge in [0, 0.05) is 17.0 Å². The van der Waals surface area contributed by atoms with Crippen molar-refractivity contribution in [3.05, 3.63) is 90.1 Å². The minimum absolute atomic E-state index is 1.04. The van der Waals surface area contributed by atoms with Gasteiger partial charge in [-0.15, -0.1) is 0 Å². The molecule has 0 atom stereocenters. The second kappa shape index (κ2) is 4.27. The quantitative estimate of drug-likeness (QED) is 0.312. The van der Waals surface area contributed by atoms with E-state index in [1.807, 2.05) is 0 Å². The van der Waals surface area contributed by atoms with Crippen molar-refractivity contribution in [3.8, 4) is 11.1 Å². The van der Waals surface area contributed by atoms with Gasteiger partial charge in [0.25, 0.3) is 0 Å². The van der Waals surface area contributed by atoms with Gasteiger partial charge >= 0.3 is 0 Å². The lowest BCUT2D eigenvalue weighted by molar-refractivity contribution is 1.24. The van der Waals surface area contributed by atoms with Gasteiger partial charge in [-0.1, -0.05) is 48.5 Å². The summed E-state index contributed by atoms with van der Waals surface area (Å²) in [4.78, 5) is 0. The van der Waals surface area contributed by atoms with Crippen LogP contribution in [-0.2, 0) is 6.42 Å². The van der Waals surface area contributed by atoms with E-state index in [9.17, 15) is 0 Å². The highest BCUT2D eigenvalue weighted by molar-refractivity contribution is 6.14. The number of benzene rings is 3. The zero-order valence-electron chi connectivity index (χ0n) is 13.2. The summed E-state index contributed by atoms with van der Waals surface area (Å²) >= 11 is 0. The van der Waals surface area contributed by atoms with E-state index in [0.717, 1.165) is 6.42 Å². The molecule has 1 nitrogen and oxygen atoms in total. The molecule has 1 aliphatic carbocycles. The maximum absolute atomic E-state index is 2.40. The van der Waals surface area contributed by atoms with Crippen LogP contribution < -0.4 is 0 Å². The van der Waals surface area contributed by atoms with Gasteiger partial charge < -0.3 is 4.40 Å². The number of fused-ring (bicyclic) bond motifs is 9. The van der Waals surface area contributed by atoms with E-state index in [1.165, 1.54) is 49.4 Å². The second-order valence-corrected chi connectivity index (χ2v) is 6.67. The molecule has 6 rings (SSSR count). The summed E-state index contributed by atoms with van der Waals surface area (Å²) in [6.45, 7) is 0. The minimum Gasteiger partial charge on any atom is -0.316 e. The fourth-order valence-electron chi connectivity index (χ4n) is 4.34. The molecule has 3 aromatic carbocycles. The van der Waals surface area contributed by atoms with Crippen LogP contribution in [0.5, 0.6) is 0 Å². The minimum atomic E-state index is 1.04. The van der Waals surface area contributed by atoms with E-state index in [-0.39, 0.29) is 0 Å². The van der Waals surface area contributed by atoms with Gasteiger partial charge in [-0.2, -0.15) is 0 Å². The van der Waals surface area contributed by atoms with Crippen molar-refractivity contribution in [1.82, 2.24) is 4.40 Å². The second-order valence-electron chi connectivity index (χ2n) is 6.67. The molecule has 112 valence electrons. The van der Waals surface area contributed by atoms with Crippen LogP contribution in [0.15, 0.2) is 79.0 Å². The first-order valence-corrected chi connectivity index (χ1v) is 8.43. The standard InChI is InChI=1S/C23H15N/c1-2-7-17-15(6-1)12-16-13-23-21(14-20(16)17)18-8-3-4-9-19(18)22-10-5-11-24(22)23/h1-11,13-14H,12H2. The molecule has 1 aliphatic rings. The lowest BCUT2D eigenvalue weighted by atomic mass is 9.99.